The van der Waals surface area contributed by atoms with Gasteiger partial charge in [0, 0.05) is 12.6 Å². The van der Waals surface area contributed by atoms with Gasteiger partial charge in [0.1, 0.15) is 0 Å². The molecule has 0 aromatic heterocycles. The lowest BCUT2D eigenvalue weighted by atomic mass is 10.0. The molecule has 3 aromatic rings. The molecule has 1 unspecified atom stereocenters. The van der Waals surface area contributed by atoms with E-state index in [1.807, 2.05) is 83.8 Å². The number of benzene rings is 3. The highest BCUT2D eigenvalue weighted by Gasteiger charge is 2.46. The Balaban J connectivity index is 1.76. The molecule has 122 valence electrons. The Kier molecular flexibility index (Phi) is 2.88. The number of nitrogens with zero attached hydrogens (tertiary/aromatic N) is 3. The quantitative estimate of drug-likeness (QED) is 0.665. The lowest BCUT2D eigenvalue weighted by Crippen LogP contribution is -2.50. The molecule has 0 N–H and O–H groups in total. The molecule has 1 atom stereocenters. The highest BCUT2D eigenvalue weighted by molar-refractivity contribution is 6.04. The van der Waals surface area contributed by atoms with E-state index in [0.29, 0.717) is 0 Å². The summed E-state index contributed by atoms with van der Waals surface area (Å²) >= 11 is 0. The van der Waals surface area contributed by atoms with Crippen molar-refractivity contribution in [2.75, 3.05) is 17.0 Å². The van der Waals surface area contributed by atoms with Crippen molar-refractivity contribution in [3.05, 3.63) is 90.0 Å². The van der Waals surface area contributed by atoms with Crippen LogP contribution in [0.1, 0.15) is 22.1 Å². The van der Waals surface area contributed by atoms with Gasteiger partial charge < -0.3 is 4.90 Å². The normalized spacial score (nSPS) is 18.0. The summed E-state index contributed by atoms with van der Waals surface area (Å²) in [5, 5.41) is 3.90. The Morgan fingerprint density at radius 1 is 0.760 bits per heavy atom. The van der Waals surface area contributed by atoms with E-state index in [9.17, 15) is 4.79 Å². The molecule has 4 heteroatoms. The molecule has 0 saturated heterocycles. The van der Waals surface area contributed by atoms with Crippen molar-refractivity contribution >= 4 is 23.0 Å². The van der Waals surface area contributed by atoms with Gasteiger partial charge in [-0.2, -0.15) is 0 Å². The van der Waals surface area contributed by atoms with Crippen LogP contribution in [0.4, 0.5) is 17.1 Å². The number of carbonyl (C=O) groups excluding carboxylic acids is 1. The largest absolute Gasteiger partial charge is 0.348 e. The van der Waals surface area contributed by atoms with Crippen LogP contribution in [0.2, 0.25) is 0 Å². The first-order valence-corrected chi connectivity index (χ1v) is 8.37. The summed E-state index contributed by atoms with van der Waals surface area (Å²) < 4.78 is 0. The smallest absolute Gasteiger partial charge is 0.277 e. The second-order valence-corrected chi connectivity index (χ2v) is 6.36. The average Bonchev–Trinajstić information content (AvgIpc) is 3.02. The van der Waals surface area contributed by atoms with Crippen LogP contribution in [-0.2, 0) is 0 Å². The number of para-hydroxylation sites is 3. The molecular formula is C21H17N3O. The lowest BCUT2D eigenvalue weighted by molar-refractivity contribution is 0.0682. The van der Waals surface area contributed by atoms with Gasteiger partial charge >= 0.3 is 0 Å². The first-order chi connectivity index (χ1) is 12.3. The minimum absolute atomic E-state index is 0.0266. The summed E-state index contributed by atoms with van der Waals surface area (Å²) in [5.74, 6) is 0.0266. The van der Waals surface area contributed by atoms with Gasteiger partial charge in [-0.15, -0.1) is 0 Å². The van der Waals surface area contributed by atoms with E-state index < -0.39 is 0 Å². The molecule has 2 aliphatic rings. The number of fused-ring (bicyclic) bond motifs is 4. The predicted octanol–water partition coefficient (Wildman–Crippen LogP) is 4.34. The summed E-state index contributed by atoms with van der Waals surface area (Å²) in [6.07, 6.45) is -0.140. The molecule has 2 heterocycles. The van der Waals surface area contributed by atoms with Crippen molar-refractivity contribution in [3.63, 3.8) is 0 Å². The van der Waals surface area contributed by atoms with Crippen molar-refractivity contribution in [3.8, 4) is 0 Å². The standard InChI is InChI=1S/C21H17N3O/c1-22-18-13-7-6-12-17(18)21(25)24-20(22)16-11-5-8-14-19(16)23(24)15-9-3-2-4-10-15/h2-14,20H,1H3. The Labute approximate surface area is 146 Å². The third-order valence-electron chi connectivity index (χ3n) is 4.98. The maximum absolute atomic E-state index is 13.4. The van der Waals surface area contributed by atoms with Gasteiger partial charge in [-0.1, -0.05) is 48.5 Å². The molecule has 0 bridgehead atoms. The maximum Gasteiger partial charge on any atom is 0.277 e. The molecule has 3 aromatic carbocycles. The minimum Gasteiger partial charge on any atom is -0.348 e. The summed E-state index contributed by atoms with van der Waals surface area (Å²) in [6, 6.07) is 26.1. The molecule has 2 aliphatic heterocycles. The minimum atomic E-state index is -0.140. The molecule has 1 amide bonds. The molecule has 5 rings (SSSR count). The van der Waals surface area contributed by atoms with Crippen molar-refractivity contribution in [2.24, 2.45) is 0 Å². The first kappa shape index (κ1) is 14.1. The van der Waals surface area contributed by atoms with Gasteiger partial charge in [0.2, 0.25) is 0 Å². The Morgan fingerprint density at radius 3 is 2.20 bits per heavy atom. The van der Waals surface area contributed by atoms with Crippen LogP contribution >= 0.6 is 0 Å². The van der Waals surface area contributed by atoms with E-state index in [0.717, 1.165) is 28.2 Å². The number of rotatable bonds is 1. The van der Waals surface area contributed by atoms with E-state index in [2.05, 4.69) is 17.0 Å². The summed E-state index contributed by atoms with van der Waals surface area (Å²) in [4.78, 5) is 15.5. The van der Waals surface area contributed by atoms with Gasteiger partial charge in [0.25, 0.3) is 5.91 Å². The number of hydrazine groups is 1. The molecule has 0 fully saturated rings. The number of carbonyl (C=O) groups is 1. The zero-order chi connectivity index (χ0) is 17.0. The van der Waals surface area contributed by atoms with Gasteiger partial charge in [0.15, 0.2) is 6.17 Å². The molecule has 0 aliphatic carbocycles. The van der Waals surface area contributed by atoms with Crippen molar-refractivity contribution in [2.45, 2.75) is 6.17 Å². The second kappa shape index (κ2) is 5.11. The summed E-state index contributed by atoms with van der Waals surface area (Å²) in [7, 11) is 2.05. The number of amides is 1. The Bertz CT molecular complexity index is 970. The number of hydrogen-bond acceptors (Lipinski definition) is 3. The summed E-state index contributed by atoms with van der Waals surface area (Å²) in [5.41, 5.74) is 4.87. The zero-order valence-electron chi connectivity index (χ0n) is 13.8. The van der Waals surface area contributed by atoms with Crippen LogP contribution in [0, 0.1) is 0 Å². The predicted molar refractivity (Wildman–Crippen MR) is 98.8 cm³/mol. The van der Waals surface area contributed by atoms with Crippen LogP contribution in [0.15, 0.2) is 78.9 Å². The fourth-order valence-corrected chi connectivity index (χ4v) is 3.88. The topological polar surface area (TPSA) is 26.8 Å². The van der Waals surface area contributed by atoms with Gasteiger partial charge in [-0.25, -0.2) is 10.0 Å². The number of hydrogen-bond donors (Lipinski definition) is 0. The van der Waals surface area contributed by atoms with Crippen molar-refractivity contribution < 1.29 is 4.79 Å². The van der Waals surface area contributed by atoms with Crippen LogP contribution in [0.25, 0.3) is 0 Å². The van der Waals surface area contributed by atoms with E-state index in [1.54, 1.807) is 0 Å². The van der Waals surface area contributed by atoms with E-state index in [-0.39, 0.29) is 12.1 Å². The maximum atomic E-state index is 13.4. The van der Waals surface area contributed by atoms with E-state index >= 15 is 0 Å². The van der Waals surface area contributed by atoms with E-state index in [1.165, 1.54) is 0 Å². The molecule has 0 saturated carbocycles. The van der Waals surface area contributed by atoms with Crippen molar-refractivity contribution in [1.82, 2.24) is 5.01 Å². The van der Waals surface area contributed by atoms with E-state index in [4.69, 9.17) is 0 Å². The van der Waals surface area contributed by atoms with Crippen LogP contribution in [-0.4, -0.2) is 18.0 Å². The fraction of sp³-hybridized carbons (Fsp3) is 0.0952. The second-order valence-electron chi connectivity index (χ2n) is 6.36. The van der Waals surface area contributed by atoms with Gasteiger partial charge in [-0.05, 0) is 30.3 Å². The molecule has 0 spiro atoms. The SMILES string of the molecule is CN1c2ccccc2C(=O)N2C1c1ccccc1N2c1ccccc1. The molecule has 4 nitrogen and oxygen atoms in total. The van der Waals surface area contributed by atoms with Gasteiger partial charge in [0.05, 0.1) is 22.6 Å². The van der Waals surface area contributed by atoms with Crippen molar-refractivity contribution in [1.29, 1.82) is 0 Å². The fourth-order valence-electron chi connectivity index (χ4n) is 3.88. The Morgan fingerprint density at radius 2 is 1.40 bits per heavy atom. The Hall–Kier alpha value is -3.27. The molecule has 25 heavy (non-hydrogen) atoms. The van der Waals surface area contributed by atoms with Crippen LogP contribution in [0.5, 0.6) is 0 Å². The van der Waals surface area contributed by atoms with Crippen LogP contribution in [0.3, 0.4) is 0 Å². The third kappa shape index (κ3) is 1.85. The van der Waals surface area contributed by atoms with Crippen LogP contribution < -0.4 is 9.91 Å². The molecular weight excluding hydrogens is 310 g/mol. The average molecular weight is 327 g/mol. The zero-order valence-corrected chi connectivity index (χ0v) is 13.8. The third-order valence-corrected chi connectivity index (χ3v) is 4.98. The first-order valence-electron chi connectivity index (χ1n) is 8.37. The van der Waals surface area contributed by atoms with Gasteiger partial charge in [-0.3, -0.25) is 4.79 Å². The highest BCUT2D eigenvalue weighted by atomic mass is 16.2. The summed E-state index contributed by atoms with van der Waals surface area (Å²) in [6.45, 7) is 0. The molecule has 0 radical (unpaired) electrons. The monoisotopic (exact) mass is 327 g/mol. The number of anilines is 3. The lowest BCUT2D eigenvalue weighted by Gasteiger charge is -2.42. The highest BCUT2D eigenvalue weighted by Crippen LogP contribution is 2.49.